The summed E-state index contributed by atoms with van der Waals surface area (Å²) < 4.78 is 5.21. The standard InChI is InChI=1S/C26H27ClN4O3S/c1-5-30(3)22(32)14-20-15-35-26-28-16(2)23(24(31(20)26)17-6-8-18(27)9-7-17)25(33)29-19-10-12-21(34-4)13-11-19/h6-13,15,24H,5,14H2,1-4H3,(H,29,33). The number of nitrogens with zero attached hydrogens (tertiary/aromatic N) is 3. The molecule has 0 saturated carbocycles. The topological polar surface area (TPSA) is 74.2 Å². The Bertz CT molecular complexity index is 1220. The predicted molar refractivity (Wildman–Crippen MR) is 141 cm³/mol. The monoisotopic (exact) mass is 510 g/mol. The van der Waals surface area contributed by atoms with Gasteiger partial charge in [0.05, 0.1) is 30.8 Å². The van der Waals surface area contributed by atoms with Crippen molar-refractivity contribution in [3.05, 3.63) is 81.5 Å². The number of halogens is 1. The first-order chi connectivity index (χ1) is 16.8. The molecular formula is C26H27ClN4O3S. The molecule has 9 heteroatoms. The van der Waals surface area contributed by atoms with E-state index in [0.717, 1.165) is 16.4 Å². The summed E-state index contributed by atoms with van der Waals surface area (Å²) in [5, 5.41) is 6.28. The minimum atomic E-state index is -0.459. The number of hydrogen-bond acceptors (Lipinski definition) is 6. The lowest BCUT2D eigenvalue weighted by Gasteiger charge is -2.37. The predicted octanol–water partition coefficient (Wildman–Crippen LogP) is 5.43. The molecule has 0 spiro atoms. The van der Waals surface area contributed by atoms with Crippen molar-refractivity contribution >= 4 is 46.0 Å². The van der Waals surface area contributed by atoms with Gasteiger partial charge in [-0.15, -0.1) is 0 Å². The SMILES string of the molecule is CCN(C)C(=O)CC1=CSC2=NC(C)=C(C(=O)Nc3ccc(OC)cc3)C(c3ccc(Cl)cc3)N12. The summed E-state index contributed by atoms with van der Waals surface area (Å²) in [6.45, 7) is 4.40. The molecule has 2 aliphatic heterocycles. The van der Waals surface area contributed by atoms with Gasteiger partial charge in [-0.1, -0.05) is 35.5 Å². The maximum Gasteiger partial charge on any atom is 0.255 e. The maximum absolute atomic E-state index is 13.6. The zero-order chi connectivity index (χ0) is 25.1. The van der Waals surface area contributed by atoms with Gasteiger partial charge >= 0.3 is 0 Å². The van der Waals surface area contributed by atoms with Crippen LogP contribution in [0.4, 0.5) is 5.69 Å². The number of carbonyl (C=O) groups is 2. The summed E-state index contributed by atoms with van der Waals surface area (Å²) in [5.74, 6) is 0.449. The van der Waals surface area contributed by atoms with E-state index in [4.69, 9.17) is 21.3 Å². The van der Waals surface area contributed by atoms with Gasteiger partial charge in [0.1, 0.15) is 5.75 Å². The van der Waals surface area contributed by atoms with Crippen molar-refractivity contribution in [3.8, 4) is 5.75 Å². The smallest absolute Gasteiger partial charge is 0.255 e. The molecule has 2 aromatic rings. The Morgan fingerprint density at radius 3 is 2.49 bits per heavy atom. The minimum Gasteiger partial charge on any atom is -0.497 e. The van der Waals surface area contributed by atoms with Crippen molar-refractivity contribution in [2.45, 2.75) is 26.3 Å². The normalized spacial score (nSPS) is 16.9. The molecule has 2 amide bonds. The van der Waals surface area contributed by atoms with Crippen LogP contribution in [0, 0.1) is 0 Å². The molecular weight excluding hydrogens is 484 g/mol. The average molecular weight is 511 g/mol. The quantitative estimate of drug-likeness (QED) is 0.537. The van der Waals surface area contributed by atoms with Crippen LogP contribution in [0.5, 0.6) is 5.75 Å². The molecule has 1 unspecified atom stereocenters. The molecule has 0 bridgehead atoms. The van der Waals surface area contributed by atoms with Crippen LogP contribution in [0.25, 0.3) is 0 Å². The lowest BCUT2D eigenvalue weighted by Crippen LogP contribution is -2.39. The van der Waals surface area contributed by atoms with Gasteiger partial charge in [0.2, 0.25) is 5.91 Å². The number of nitrogens with one attached hydrogen (secondary N) is 1. The highest BCUT2D eigenvalue weighted by atomic mass is 35.5. The number of aliphatic imine (C=N–C) groups is 1. The first-order valence-electron chi connectivity index (χ1n) is 11.2. The van der Waals surface area contributed by atoms with Crippen LogP contribution in [-0.4, -0.2) is 47.5 Å². The largest absolute Gasteiger partial charge is 0.497 e. The second kappa shape index (κ2) is 10.6. The molecule has 0 aliphatic carbocycles. The number of fused-ring (bicyclic) bond motifs is 1. The lowest BCUT2D eigenvalue weighted by molar-refractivity contribution is -0.129. The van der Waals surface area contributed by atoms with Gasteiger partial charge < -0.3 is 19.9 Å². The molecule has 2 aromatic carbocycles. The molecule has 0 aromatic heterocycles. The zero-order valence-corrected chi connectivity index (χ0v) is 21.6. The number of amides is 2. The Morgan fingerprint density at radius 1 is 1.17 bits per heavy atom. The number of amidine groups is 1. The van der Waals surface area contributed by atoms with Crippen LogP contribution in [0.3, 0.4) is 0 Å². The van der Waals surface area contributed by atoms with Crippen molar-refractivity contribution in [1.29, 1.82) is 0 Å². The van der Waals surface area contributed by atoms with Crippen LogP contribution >= 0.6 is 23.4 Å². The van der Waals surface area contributed by atoms with Crippen LogP contribution < -0.4 is 10.1 Å². The zero-order valence-electron chi connectivity index (χ0n) is 20.0. The first-order valence-corrected chi connectivity index (χ1v) is 12.5. The molecule has 35 heavy (non-hydrogen) atoms. The summed E-state index contributed by atoms with van der Waals surface area (Å²) in [6, 6.07) is 14.1. The molecule has 4 rings (SSSR count). The summed E-state index contributed by atoms with van der Waals surface area (Å²) in [5.41, 5.74) is 3.47. The highest BCUT2D eigenvalue weighted by Gasteiger charge is 2.40. The third-order valence-corrected chi connectivity index (χ3v) is 7.15. The van der Waals surface area contributed by atoms with Crippen molar-refractivity contribution < 1.29 is 14.3 Å². The van der Waals surface area contributed by atoms with Crippen molar-refractivity contribution in [2.24, 2.45) is 4.99 Å². The number of carbonyl (C=O) groups excluding carboxylic acids is 2. The molecule has 7 nitrogen and oxygen atoms in total. The summed E-state index contributed by atoms with van der Waals surface area (Å²) in [7, 11) is 3.38. The number of rotatable bonds is 7. The van der Waals surface area contributed by atoms with E-state index in [2.05, 4.69) is 5.32 Å². The van der Waals surface area contributed by atoms with Gasteiger partial charge in [0.15, 0.2) is 5.17 Å². The van der Waals surface area contributed by atoms with Gasteiger partial charge in [0.25, 0.3) is 5.91 Å². The van der Waals surface area contributed by atoms with Crippen molar-refractivity contribution in [2.75, 3.05) is 26.0 Å². The van der Waals surface area contributed by atoms with Gasteiger partial charge in [0, 0.05) is 30.0 Å². The molecule has 1 atom stereocenters. The Hall–Kier alpha value is -3.23. The fourth-order valence-corrected chi connectivity index (χ4v) is 5.05. The molecule has 182 valence electrons. The molecule has 1 N–H and O–H groups in total. The number of allylic oxidation sites excluding steroid dienone is 1. The Balaban J connectivity index is 1.72. The van der Waals surface area contributed by atoms with Gasteiger partial charge in [-0.3, -0.25) is 9.59 Å². The number of benzene rings is 2. The molecule has 0 fully saturated rings. The van der Waals surface area contributed by atoms with E-state index < -0.39 is 6.04 Å². The van der Waals surface area contributed by atoms with Gasteiger partial charge in [-0.2, -0.15) is 0 Å². The van der Waals surface area contributed by atoms with Crippen molar-refractivity contribution in [1.82, 2.24) is 9.80 Å². The van der Waals surface area contributed by atoms with Gasteiger partial charge in [-0.05, 0) is 61.2 Å². The second-order valence-electron chi connectivity index (χ2n) is 8.21. The molecule has 0 radical (unpaired) electrons. The van der Waals surface area contributed by atoms with Gasteiger partial charge in [-0.25, -0.2) is 4.99 Å². The van der Waals surface area contributed by atoms with Crippen LogP contribution in [0.15, 0.2) is 75.9 Å². The fraction of sp³-hybridized carbons (Fsp3) is 0.269. The Morgan fingerprint density at radius 2 is 1.86 bits per heavy atom. The van der Waals surface area contributed by atoms with Crippen LogP contribution in [-0.2, 0) is 9.59 Å². The van der Waals surface area contributed by atoms with Crippen molar-refractivity contribution in [3.63, 3.8) is 0 Å². The van der Waals surface area contributed by atoms with E-state index in [9.17, 15) is 9.59 Å². The highest BCUT2D eigenvalue weighted by Crippen LogP contribution is 2.45. The van der Waals surface area contributed by atoms with E-state index in [1.165, 1.54) is 11.8 Å². The highest BCUT2D eigenvalue weighted by molar-refractivity contribution is 8.16. The summed E-state index contributed by atoms with van der Waals surface area (Å²) in [4.78, 5) is 34.8. The number of hydrogen-bond donors (Lipinski definition) is 1. The van der Waals surface area contributed by atoms with Crippen LogP contribution in [0.2, 0.25) is 5.02 Å². The average Bonchev–Trinajstić information content (AvgIpc) is 3.25. The lowest BCUT2D eigenvalue weighted by atomic mass is 9.93. The summed E-state index contributed by atoms with van der Waals surface area (Å²) >= 11 is 7.63. The number of ether oxygens (including phenoxy) is 1. The fourth-order valence-electron chi connectivity index (χ4n) is 3.96. The van der Waals surface area contributed by atoms with E-state index in [1.807, 2.05) is 36.3 Å². The number of anilines is 1. The third kappa shape index (κ3) is 5.23. The van der Waals surface area contributed by atoms with E-state index in [0.29, 0.717) is 34.3 Å². The van der Waals surface area contributed by atoms with Crippen LogP contribution in [0.1, 0.15) is 31.9 Å². The molecule has 2 aliphatic rings. The third-order valence-electron chi connectivity index (χ3n) is 6.01. The Labute approximate surface area is 214 Å². The van der Waals surface area contributed by atoms with E-state index in [1.54, 1.807) is 55.5 Å². The Kier molecular flexibility index (Phi) is 7.52. The summed E-state index contributed by atoms with van der Waals surface area (Å²) in [6.07, 6.45) is 0.215. The number of thioether (sulfide) groups is 1. The van der Waals surface area contributed by atoms with E-state index in [-0.39, 0.29) is 18.2 Å². The number of methoxy groups -OCH3 is 1. The molecule has 2 heterocycles. The van der Waals surface area contributed by atoms with E-state index >= 15 is 0 Å². The second-order valence-corrected chi connectivity index (χ2v) is 9.48. The first kappa shape index (κ1) is 24.9. The molecule has 0 saturated heterocycles. The maximum atomic E-state index is 13.6. The minimum absolute atomic E-state index is 0.00552.